The summed E-state index contributed by atoms with van der Waals surface area (Å²) in [5.41, 5.74) is 3.26. The number of carbonyl (C=O) groups excluding carboxylic acids is 1. The van der Waals surface area contributed by atoms with Gasteiger partial charge in [0.25, 0.3) is 0 Å². The summed E-state index contributed by atoms with van der Waals surface area (Å²) in [7, 11) is 0. The third kappa shape index (κ3) is 4.13. The molecule has 0 spiro atoms. The van der Waals surface area contributed by atoms with Crippen LogP contribution >= 0.6 is 0 Å². The van der Waals surface area contributed by atoms with E-state index in [0.717, 1.165) is 59.1 Å². The van der Waals surface area contributed by atoms with E-state index in [1.807, 2.05) is 31.3 Å². The lowest BCUT2D eigenvalue weighted by Gasteiger charge is -2.23. The monoisotopic (exact) mass is 452 g/mol. The minimum absolute atomic E-state index is 0.0512. The Morgan fingerprint density at radius 1 is 1.18 bits per heavy atom. The molecule has 2 heterocycles. The van der Waals surface area contributed by atoms with Gasteiger partial charge in [-0.25, -0.2) is 0 Å². The standard InChI is InChI=1S/C25H23F3N4O/c1-15(17-6-3-7-20(10-17)25(26,27)28)32-14-19(12-30-32)18-8-9-22-21(11-18)23(13-29-22)31-24(33)16-4-2-5-16/h3,6-16,29H,2,4-5H2,1H3,(H,31,33)/t15-/m0/s1. The number of aromatic nitrogens is 3. The predicted molar refractivity (Wildman–Crippen MR) is 121 cm³/mol. The lowest BCUT2D eigenvalue weighted by Crippen LogP contribution is -2.27. The topological polar surface area (TPSA) is 62.7 Å². The molecule has 1 amide bonds. The largest absolute Gasteiger partial charge is 0.416 e. The van der Waals surface area contributed by atoms with Gasteiger partial charge in [-0.05, 0) is 55.2 Å². The molecule has 5 rings (SSSR count). The fraction of sp³-hybridized carbons (Fsp3) is 0.280. The Kier molecular flexibility index (Phi) is 5.23. The smallest absolute Gasteiger partial charge is 0.359 e. The van der Waals surface area contributed by atoms with Crippen molar-refractivity contribution in [3.63, 3.8) is 0 Å². The van der Waals surface area contributed by atoms with Gasteiger partial charge in [0, 0.05) is 34.8 Å². The number of carbonyl (C=O) groups is 1. The molecule has 2 aromatic heterocycles. The van der Waals surface area contributed by atoms with Gasteiger partial charge in [0.15, 0.2) is 0 Å². The second kappa shape index (κ2) is 8.10. The van der Waals surface area contributed by atoms with Gasteiger partial charge >= 0.3 is 6.18 Å². The van der Waals surface area contributed by atoms with Crippen molar-refractivity contribution in [1.29, 1.82) is 0 Å². The maximum Gasteiger partial charge on any atom is 0.416 e. The van der Waals surface area contributed by atoms with Crippen LogP contribution in [0.1, 0.15) is 43.4 Å². The molecular formula is C25H23F3N4O. The lowest BCUT2D eigenvalue weighted by atomic mass is 9.85. The molecular weight excluding hydrogens is 429 g/mol. The third-order valence-corrected chi connectivity index (χ3v) is 6.44. The first kappa shape index (κ1) is 21.3. The van der Waals surface area contributed by atoms with Crippen molar-refractivity contribution in [3.05, 3.63) is 72.2 Å². The molecule has 4 aromatic rings. The Labute approximate surface area is 188 Å². The van der Waals surface area contributed by atoms with Crippen LogP contribution in [0.25, 0.3) is 22.0 Å². The Balaban J connectivity index is 1.40. The van der Waals surface area contributed by atoms with E-state index in [-0.39, 0.29) is 17.9 Å². The molecule has 1 atom stereocenters. The molecule has 0 saturated heterocycles. The molecule has 8 heteroatoms. The van der Waals surface area contributed by atoms with E-state index in [1.165, 1.54) is 6.07 Å². The molecule has 2 aromatic carbocycles. The van der Waals surface area contributed by atoms with E-state index in [0.29, 0.717) is 5.56 Å². The first-order chi connectivity index (χ1) is 15.8. The van der Waals surface area contributed by atoms with Gasteiger partial charge in [-0.3, -0.25) is 9.48 Å². The first-order valence-electron chi connectivity index (χ1n) is 10.9. The summed E-state index contributed by atoms with van der Waals surface area (Å²) in [4.78, 5) is 15.6. The highest BCUT2D eigenvalue weighted by molar-refractivity contribution is 6.03. The van der Waals surface area contributed by atoms with E-state index in [9.17, 15) is 18.0 Å². The number of halogens is 3. The molecule has 0 radical (unpaired) electrons. The highest BCUT2D eigenvalue weighted by atomic mass is 19.4. The van der Waals surface area contributed by atoms with Crippen molar-refractivity contribution < 1.29 is 18.0 Å². The number of hydrogen-bond donors (Lipinski definition) is 2. The van der Waals surface area contributed by atoms with Crippen LogP contribution in [0.4, 0.5) is 18.9 Å². The normalized spacial score (nSPS) is 15.4. The predicted octanol–water partition coefficient (Wildman–Crippen LogP) is 6.40. The Bertz CT molecular complexity index is 1320. The molecule has 1 aliphatic rings. The van der Waals surface area contributed by atoms with Gasteiger partial charge in [-0.15, -0.1) is 0 Å². The maximum atomic E-state index is 13.1. The number of H-pyrrole nitrogens is 1. The van der Waals surface area contributed by atoms with Crippen LogP contribution in [-0.4, -0.2) is 20.7 Å². The molecule has 1 aliphatic carbocycles. The average Bonchev–Trinajstić information content (AvgIpc) is 3.39. The lowest BCUT2D eigenvalue weighted by molar-refractivity contribution is -0.137. The number of amides is 1. The summed E-state index contributed by atoms with van der Waals surface area (Å²) < 4.78 is 40.9. The van der Waals surface area contributed by atoms with Crippen LogP contribution in [0.15, 0.2) is 61.1 Å². The SMILES string of the molecule is C[C@@H](c1cccc(C(F)(F)F)c1)n1cc(-c2ccc3[nH]cc(NC(=O)C4CCC4)c3c2)cn1. The van der Waals surface area contributed by atoms with Gasteiger partial charge in [-0.1, -0.05) is 24.6 Å². The zero-order chi connectivity index (χ0) is 23.2. The van der Waals surface area contributed by atoms with Gasteiger partial charge in [-0.2, -0.15) is 18.3 Å². The quantitative estimate of drug-likeness (QED) is 0.368. The zero-order valence-electron chi connectivity index (χ0n) is 18.0. The number of benzene rings is 2. The third-order valence-electron chi connectivity index (χ3n) is 6.44. The van der Waals surface area contributed by atoms with Crippen LogP contribution in [0.5, 0.6) is 0 Å². The molecule has 170 valence electrons. The molecule has 5 nitrogen and oxygen atoms in total. The number of nitrogens with zero attached hydrogens (tertiary/aromatic N) is 2. The summed E-state index contributed by atoms with van der Waals surface area (Å²) in [5, 5.41) is 8.33. The van der Waals surface area contributed by atoms with Crippen molar-refractivity contribution >= 4 is 22.5 Å². The summed E-state index contributed by atoms with van der Waals surface area (Å²) in [6.07, 6.45) is 3.90. The molecule has 0 aliphatic heterocycles. The van der Waals surface area contributed by atoms with Crippen molar-refractivity contribution in [1.82, 2.24) is 14.8 Å². The number of anilines is 1. The van der Waals surface area contributed by atoms with E-state index in [1.54, 1.807) is 23.1 Å². The molecule has 0 unspecified atom stereocenters. The van der Waals surface area contributed by atoms with Crippen LogP contribution in [-0.2, 0) is 11.0 Å². The molecule has 2 N–H and O–H groups in total. The Morgan fingerprint density at radius 2 is 2.00 bits per heavy atom. The number of aromatic amines is 1. The van der Waals surface area contributed by atoms with Gasteiger partial charge < -0.3 is 10.3 Å². The first-order valence-corrected chi connectivity index (χ1v) is 10.9. The molecule has 1 fully saturated rings. The Hall–Kier alpha value is -3.55. The molecule has 0 bridgehead atoms. The van der Waals surface area contributed by atoms with Crippen LogP contribution in [0.2, 0.25) is 0 Å². The van der Waals surface area contributed by atoms with E-state index < -0.39 is 11.7 Å². The average molecular weight is 452 g/mol. The second-order valence-corrected chi connectivity index (χ2v) is 8.59. The fourth-order valence-electron chi connectivity index (χ4n) is 4.14. The fourth-order valence-corrected chi connectivity index (χ4v) is 4.14. The van der Waals surface area contributed by atoms with Crippen LogP contribution in [0, 0.1) is 5.92 Å². The minimum atomic E-state index is -4.39. The van der Waals surface area contributed by atoms with Crippen molar-refractivity contribution in [3.8, 4) is 11.1 Å². The van der Waals surface area contributed by atoms with Crippen molar-refractivity contribution in [2.45, 2.75) is 38.4 Å². The highest BCUT2D eigenvalue weighted by Gasteiger charge is 2.31. The van der Waals surface area contributed by atoms with Crippen molar-refractivity contribution in [2.24, 2.45) is 5.92 Å². The molecule has 1 saturated carbocycles. The van der Waals surface area contributed by atoms with Crippen LogP contribution in [0.3, 0.4) is 0 Å². The summed E-state index contributed by atoms with van der Waals surface area (Å²) in [6, 6.07) is 10.8. The van der Waals surface area contributed by atoms with Gasteiger partial charge in [0.1, 0.15) is 0 Å². The molecule has 33 heavy (non-hydrogen) atoms. The highest BCUT2D eigenvalue weighted by Crippen LogP contribution is 2.34. The summed E-state index contributed by atoms with van der Waals surface area (Å²) in [5.74, 6) is 0.143. The van der Waals surface area contributed by atoms with E-state index >= 15 is 0 Å². The van der Waals surface area contributed by atoms with E-state index in [2.05, 4.69) is 15.4 Å². The number of rotatable bonds is 5. The second-order valence-electron chi connectivity index (χ2n) is 8.59. The van der Waals surface area contributed by atoms with Crippen molar-refractivity contribution in [2.75, 3.05) is 5.32 Å². The minimum Gasteiger partial charge on any atom is -0.359 e. The zero-order valence-corrected chi connectivity index (χ0v) is 18.0. The number of nitrogens with one attached hydrogen (secondary N) is 2. The number of alkyl halides is 3. The van der Waals surface area contributed by atoms with Crippen LogP contribution < -0.4 is 5.32 Å². The maximum absolute atomic E-state index is 13.1. The number of fused-ring (bicyclic) bond motifs is 1. The van der Waals surface area contributed by atoms with Gasteiger partial charge in [0.2, 0.25) is 5.91 Å². The number of hydrogen-bond acceptors (Lipinski definition) is 2. The Morgan fingerprint density at radius 3 is 2.73 bits per heavy atom. The summed E-state index contributed by atoms with van der Waals surface area (Å²) >= 11 is 0. The summed E-state index contributed by atoms with van der Waals surface area (Å²) in [6.45, 7) is 1.82. The van der Waals surface area contributed by atoms with E-state index in [4.69, 9.17) is 0 Å². The van der Waals surface area contributed by atoms with Gasteiger partial charge in [0.05, 0.1) is 23.5 Å².